The van der Waals surface area contributed by atoms with Crippen LogP contribution in [-0.4, -0.2) is 4.98 Å². The smallest absolute Gasteiger partial charge is 0.123 e. The maximum absolute atomic E-state index is 5.95. The van der Waals surface area contributed by atoms with Crippen LogP contribution in [0, 0.1) is 34.5 Å². The van der Waals surface area contributed by atoms with Crippen LogP contribution in [0.3, 0.4) is 0 Å². The Morgan fingerprint density at radius 2 is 1.40 bits per heavy atom. The molecule has 2 aliphatic rings. The minimum Gasteiger partial charge on any atom is -0.384 e. The van der Waals surface area contributed by atoms with E-state index in [4.69, 9.17) is 5.73 Å². The van der Waals surface area contributed by atoms with Crippen LogP contribution in [0.1, 0.15) is 112 Å². The number of hydrogen-bond donors (Lipinski definition) is 1. The molecule has 0 saturated heterocycles. The molecule has 1 aromatic rings. The van der Waals surface area contributed by atoms with Crippen LogP contribution in [0.5, 0.6) is 0 Å². The van der Waals surface area contributed by atoms with Crippen molar-refractivity contribution in [2.24, 2.45) is 34.5 Å². The molecule has 0 amide bonds. The van der Waals surface area contributed by atoms with Gasteiger partial charge in [0, 0.05) is 11.1 Å². The van der Waals surface area contributed by atoms with Gasteiger partial charge in [-0.2, -0.15) is 0 Å². The van der Waals surface area contributed by atoms with Gasteiger partial charge in [0.05, 0.1) is 0 Å². The lowest BCUT2D eigenvalue weighted by Crippen LogP contribution is -2.30. The third kappa shape index (κ3) is 5.80. The highest BCUT2D eigenvalue weighted by Crippen LogP contribution is 2.51. The number of aromatic nitrogens is 1. The van der Waals surface area contributed by atoms with Crippen molar-refractivity contribution in [1.82, 2.24) is 4.98 Å². The molecule has 0 radical (unpaired) electrons. The summed E-state index contributed by atoms with van der Waals surface area (Å²) in [6.45, 7) is 17.1. The minimum absolute atomic E-state index is 0.102. The molecule has 1 heterocycles. The average Bonchev–Trinajstić information content (AvgIpc) is 3.10. The Kier molecular flexibility index (Phi) is 6.95. The summed E-state index contributed by atoms with van der Waals surface area (Å²) in [7, 11) is 0. The molecule has 2 atom stereocenters. The minimum atomic E-state index is 0.102. The van der Waals surface area contributed by atoms with E-state index in [0.29, 0.717) is 16.6 Å². The first-order valence-electron chi connectivity index (χ1n) is 12.6. The predicted octanol–water partition coefficient (Wildman–Crippen LogP) is 8.02. The van der Waals surface area contributed by atoms with Crippen LogP contribution in [-0.2, 0) is 5.41 Å². The SMILES string of the molecule is CC(C)(CC1CCC(C(C)(C)CC2CCC(C(C)(C)C)CC2)C1)c1cccc(N)n1. The van der Waals surface area contributed by atoms with Crippen molar-refractivity contribution in [2.75, 3.05) is 5.73 Å². The van der Waals surface area contributed by atoms with Crippen molar-refractivity contribution >= 4 is 5.82 Å². The number of nitrogen functional groups attached to an aromatic ring is 1. The Labute approximate surface area is 186 Å². The lowest BCUT2D eigenvalue weighted by molar-refractivity contribution is 0.0994. The molecule has 2 nitrogen and oxygen atoms in total. The number of pyridine rings is 1. The number of anilines is 1. The molecule has 3 rings (SSSR count). The first-order chi connectivity index (χ1) is 13.9. The monoisotopic (exact) mass is 412 g/mol. The lowest BCUT2D eigenvalue weighted by Gasteiger charge is -2.41. The van der Waals surface area contributed by atoms with E-state index in [9.17, 15) is 0 Å². The van der Waals surface area contributed by atoms with E-state index in [1.54, 1.807) is 0 Å². The number of nitrogens with two attached hydrogens (primary N) is 1. The summed E-state index contributed by atoms with van der Waals surface area (Å²) in [4.78, 5) is 4.63. The van der Waals surface area contributed by atoms with Gasteiger partial charge < -0.3 is 5.73 Å². The van der Waals surface area contributed by atoms with Crippen molar-refractivity contribution in [3.8, 4) is 0 Å². The molecule has 0 aromatic carbocycles. The van der Waals surface area contributed by atoms with E-state index >= 15 is 0 Å². The third-order valence-electron chi connectivity index (χ3n) is 8.80. The highest BCUT2D eigenvalue weighted by atomic mass is 14.8. The highest BCUT2D eigenvalue weighted by Gasteiger charge is 2.40. The molecule has 30 heavy (non-hydrogen) atoms. The molecule has 2 unspecified atom stereocenters. The first-order valence-corrected chi connectivity index (χ1v) is 12.6. The van der Waals surface area contributed by atoms with Crippen LogP contribution in [0.15, 0.2) is 18.2 Å². The molecule has 2 saturated carbocycles. The third-order valence-corrected chi connectivity index (χ3v) is 8.80. The largest absolute Gasteiger partial charge is 0.384 e. The Morgan fingerprint density at radius 3 is 2.00 bits per heavy atom. The second-order valence-corrected chi connectivity index (χ2v) is 13.2. The summed E-state index contributed by atoms with van der Waals surface area (Å²) in [5.74, 6) is 4.23. The maximum Gasteiger partial charge on any atom is 0.123 e. The van der Waals surface area contributed by atoms with Crippen LogP contribution in [0.25, 0.3) is 0 Å². The van der Waals surface area contributed by atoms with Gasteiger partial charge >= 0.3 is 0 Å². The van der Waals surface area contributed by atoms with Crippen molar-refractivity contribution in [3.05, 3.63) is 23.9 Å². The second-order valence-electron chi connectivity index (χ2n) is 13.2. The van der Waals surface area contributed by atoms with Gasteiger partial charge in [-0.15, -0.1) is 0 Å². The molecule has 0 aliphatic heterocycles. The number of nitrogens with zero attached hydrogens (tertiary/aromatic N) is 1. The van der Waals surface area contributed by atoms with E-state index in [-0.39, 0.29) is 5.41 Å². The average molecular weight is 413 g/mol. The fourth-order valence-electron chi connectivity index (χ4n) is 6.77. The Balaban J connectivity index is 1.53. The molecule has 2 fully saturated rings. The van der Waals surface area contributed by atoms with Crippen molar-refractivity contribution in [2.45, 2.75) is 112 Å². The lowest BCUT2D eigenvalue weighted by atomic mass is 9.64. The van der Waals surface area contributed by atoms with E-state index in [1.807, 2.05) is 12.1 Å². The molecule has 2 heteroatoms. The summed E-state index contributed by atoms with van der Waals surface area (Å²) in [5, 5.41) is 0. The van der Waals surface area contributed by atoms with Crippen LogP contribution in [0.2, 0.25) is 0 Å². The van der Waals surface area contributed by atoms with Crippen LogP contribution in [0.4, 0.5) is 5.82 Å². The maximum atomic E-state index is 5.95. The fraction of sp³-hybridized carbons (Fsp3) is 0.821. The van der Waals surface area contributed by atoms with E-state index in [1.165, 1.54) is 57.8 Å². The summed E-state index contributed by atoms with van der Waals surface area (Å²) in [6, 6.07) is 6.09. The summed E-state index contributed by atoms with van der Waals surface area (Å²) in [5.41, 5.74) is 8.18. The Bertz CT molecular complexity index is 689. The Hall–Kier alpha value is -1.05. The molecule has 0 spiro atoms. The van der Waals surface area contributed by atoms with Crippen molar-refractivity contribution in [3.63, 3.8) is 0 Å². The molecular weight excluding hydrogens is 364 g/mol. The van der Waals surface area contributed by atoms with Gasteiger partial charge in [-0.1, -0.05) is 73.8 Å². The molecule has 2 N–H and O–H groups in total. The van der Waals surface area contributed by atoms with E-state index < -0.39 is 0 Å². The summed E-state index contributed by atoms with van der Waals surface area (Å²) >= 11 is 0. The standard InChI is InChI=1S/C28H48N2/c1-26(2,3)22-14-11-20(12-15-22)18-27(4,5)23-16-13-21(17-23)19-28(6,7)24-9-8-10-25(29)30-24/h8-10,20-23H,11-19H2,1-7H3,(H2,29,30). The van der Waals surface area contributed by atoms with Gasteiger partial charge in [0.2, 0.25) is 0 Å². The van der Waals surface area contributed by atoms with Gasteiger partial charge in [0.25, 0.3) is 0 Å². The van der Waals surface area contributed by atoms with Gasteiger partial charge in [0.15, 0.2) is 0 Å². The zero-order valence-electron chi connectivity index (χ0n) is 20.9. The zero-order valence-corrected chi connectivity index (χ0v) is 20.9. The van der Waals surface area contributed by atoms with Crippen LogP contribution < -0.4 is 5.73 Å². The van der Waals surface area contributed by atoms with Crippen molar-refractivity contribution < 1.29 is 0 Å². The molecule has 2 aliphatic carbocycles. The highest BCUT2D eigenvalue weighted by molar-refractivity contribution is 5.31. The normalized spacial score (nSPS) is 28.6. The molecule has 0 bridgehead atoms. The first kappa shape index (κ1) is 23.6. The fourth-order valence-corrected chi connectivity index (χ4v) is 6.77. The molecule has 170 valence electrons. The zero-order chi connectivity index (χ0) is 22.2. The predicted molar refractivity (Wildman–Crippen MR) is 130 cm³/mol. The Morgan fingerprint density at radius 1 is 0.800 bits per heavy atom. The summed E-state index contributed by atoms with van der Waals surface area (Å²) in [6.07, 6.45) is 12.7. The van der Waals surface area contributed by atoms with Crippen molar-refractivity contribution in [1.29, 1.82) is 0 Å². The quantitative estimate of drug-likeness (QED) is 0.513. The van der Waals surface area contributed by atoms with Crippen LogP contribution >= 0.6 is 0 Å². The molecular formula is C28H48N2. The second kappa shape index (κ2) is 8.83. The van der Waals surface area contributed by atoms with E-state index in [2.05, 4.69) is 59.5 Å². The molecule has 1 aromatic heterocycles. The van der Waals surface area contributed by atoms with E-state index in [0.717, 1.165) is 29.4 Å². The van der Waals surface area contributed by atoms with Gasteiger partial charge in [-0.25, -0.2) is 4.98 Å². The number of rotatable bonds is 6. The topological polar surface area (TPSA) is 38.9 Å². The van der Waals surface area contributed by atoms with Gasteiger partial charge in [0.1, 0.15) is 5.82 Å². The van der Waals surface area contributed by atoms with Gasteiger partial charge in [-0.3, -0.25) is 0 Å². The van der Waals surface area contributed by atoms with Gasteiger partial charge in [-0.05, 0) is 85.2 Å². The summed E-state index contributed by atoms with van der Waals surface area (Å²) < 4.78 is 0. The number of hydrogen-bond acceptors (Lipinski definition) is 2.